The second kappa shape index (κ2) is 12.4. The topological polar surface area (TPSA) is 91.0 Å². The van der Waals surface area contributed by atoms with Crippen molar-refractivity contribution in [2.75, 3.05) is 32.0 Å². The van der Waals surface area contributed by atoms with Crippen LogP contribution >= 0.6 is 23.2 Å². The average Bonchev–Trinajstić information content (AvgIpc) is 3.57. The van der Waals surface area contributed by atoms with Crippen LogP contribution in [0.2, 0.25) is 10.0 Å². The second-order valence-corrected chi connectivity index (χ2v) is 12.5. The van der Waals surface area contributed by atoms with Crippen LogP contribution in [0.3, 0.4) is 0 Å². The summed E-state index contributed by atoms with van der Waals surface area (Å²) in [7, 11) is 2.08. The molecular weight excluding hydrogens is 551 g/mol. The Morgan fingerprint density at radius 1 is 1.10 bits per heavy atom. The quantitative estimate of drug-likeness (QED) is 0.366. The van der Waals surface area contributed by atoms with Gasteiger partial charge in [-0.3, -0.25) is 14.4 Å². The highest BCUT2D eigenvalue weighted by Crippen LogP contribution is 2.55. The molecule has 0 radical (unpaired) electrons. The predicted octanol–water partition coefficient (Wildman–Crippen LogP) is 4.65. The predicted molar refractivity (Wildman–Crippen MR) is 156 cm³/mol. The molecule has 1 aliphatic carbocycles. The third-order valence-electron chi connectivity index (χ3n) is 8.90. The summed E-state index contributed by atoms with van der Waals surface area (Å²) in [5.74, 6) is -2.24. The van der Waals surface area contributed by atoms with E-state index < -0.39 is 29.6 Å². The number of nitrogens with one attached hydrogen (secondary N) is 2. The zero-order valence-electron chi connectivity index (χ0n) is 23.3. The van der Waals surface area contributed by atoms with E-state index in [0.29, 0.717) is 22.3 Å². The van der Waals surface area contributed by atoms with Crippen LogP contribution in [0.15, 0.2) is 30.4 Å². The fraction of sp³-hybridized carbons (Fsp3) is 0.633. The number of ether oxygens (including phenoxy) is 1. The Balaban J connectivity index is 1.37. The van der Waals surface area contributed by atoms with Crippen molar-refractivity contribution in [1.82, 2.24) is 15.1 Å². The summed E-state index contributed by atoms with van der Waals surface area (Å²) >= 11 is 12.2. The number of anilines is 1. The second-order valence-electron chi connectivity index (χ2n) is 11.7. The lowest BCUT2D eigenvalue weighted by atomic mass is 9.74. The van der Waals surface area contributed by atoms with E-state index in [1.807, 2.05) is 12.2 Å². The maximum Gasteiger partial charge on any atom is 0.246 e. The smallest absolute Gasteiger partial charge is 0.246 e. The van der Waals surface area contributed by atoms with Crippen molar-refractivity contribution in [1.29, 1.82) is 0 Å². The van der Waals surface area contributed by atoms with E-state index in [1.165, 1.54) is 6.42 Å². The van der Waals surface area contributed by atoms with Gasteiger partial charge in [0.2, 0.25) is 17.7 Å². The fourth-order valence-corrected chi connectivity index (χ4v) is 7.18. The van der Waals surface area contributed by atoms with Gasteiger partial charge in [-0.15, -0.1) is 0 Å². The molecule has 1 spiro atoms. The van der Waals surface area contributed by atoms with Gasteiger partial charge in [0.15, 0.2) is 0 Å². The summed E-state index contributed by atoms with van der Waals surface area (Å²) in [5.41, 5.74) is -0.668. The van der Waals surface area contributed by atoms with Crippen molar-refractivity contribution in [3.05, 3.63) is 40.4 Å². The Kier molecular flexibility index (Phi) is 9.10. The molecule has 3 fully saturated rings. The number of nitrogens with zero attached hydrogens (tertiary/aromatic N) is 2. The highest BCUT2D eigenvalue weighted by molar-refractivity contribution is 6.42. The molecule has 4 aliphatic rings. The van der Waals surface area contributed by atoms with Crippen LogP contribution in [0, 0.1) is 11.8 Å². The van der Waals surface area contributed by atoms with E-state index in [-0.39, 0.29) is 23.8 Å². The number of hydrogen-bond acceptors (Lipinski definition) is 5. The molecule has 3 amide bonds. The van der Waals surface area contributed by atoms with E-state index in [1.54, 1.807) is 23.1 Å². The summed E-state index contributed by atoms with van der Waals surface area (Å²) in [4.78, 5) is 45.6. The van der Waals surface area contributed by atoms with Crippen LogP contribution in [-0.4, -0.2) is 78.0 Å². The van der Waals surface area contributed by atoms with Gasteiger partial charge in [-0.1, -0.05) is 68.0 Å². The molecule has 0 aromatic heterocycles. The van der Waals surface area contributed by atoms with Gasteiger partial charge in [-0.25, -0.2) is 0 Å². The highest BCUT2D eigenvalue weighted by atomic mass is 35.5. The monoisotopic (exact) mass is 590 g/mol. The molecule has 218 valence electrons. The number of carbonyl (C=O) groups excluding carboxylic acids is 3. The van der Waals surface area contributed by atoms with E-state index in [4.69, 9.17) is 27.9 Å². The molecule has 1 saturated carbocycles. The summed E-state index contributed by atoms with van der Waals surface area (Å²) in [5, 5.41) is 6.85. The SMILES string of the molecule is CCCCN(C)CCCN1C(=O)[C@H]2[C@H](C(=O)Nc3ccc(Cl)c(Cl)c3)[C@H]3C=C[C@@]2(O3)[C@@H]1C(=O)NC1CCCCC1. The summed E-state index contributed by atoms with van der Waals surface area (Å²) in [6.07, 6.45) is 11.3. The Labute approximate surface area is 246 Å². The normalized spacial score (nSPS) is 29.3. The molecule has 8 nitrogen and oxygen atoms in total. The van der Waals surface area contributed by atoms with Gasteiger partial charge in [0.25, 0.3) is 0 Å². The molecule has 3 aliphatic heterocycles. The molecule has 1 aromatic carbocycles. The largest absolute Gasteiger partial charge is 0.359 e. The number of unbranched alkanes of at least 4 members (excludes halogenated alkanes) is 1. The zero-order chi connectivity index (χ0) is 28.4. The van der Waals surface area contributed by atoms with Crippen LogP contribution in [0.5, 0.6) is 0 Å². The summed E-state index contributed by atoms with van der Waals surface area (Å²) in [6, 6.07) is 4.16. The third-order valence-corrected chi connectivity index (χ3v) is 9.63. The molecule has 1 aromatic rings. The number of likely N-dealkylation sites (tertiary alicyclic amines) is 1. The lowest BCUT2D eigenvalue weighted by Gasteiger charge is -2.34. The molecular formula is C30H40Cl2N4O4. The molecule has 2 bridgehead atoms. The number of fused-ring (bicyclic) bond motifs is 1. The van der Waals surface area contributed by atoms with Crippen molar-refractivity contribution >= 4 is 46.6 Å². The molecule has 5 atom stereocenters. The van der Waals surface area contributed by atoms with Crippen LogP contribution in [0.1, 0.15) is 58.3 Å². The van der Waals surface area contributed by atoms with Gasteiger partial charge in [0.05, 0.1) is 28.0 Å². The summed E-state index contributed by atoms with van der Waals surface area (Å²) < 4.78 is 6.45. The maximum atomic E-state index is 14.1. The van der Waals surface area contributed by atoms with Crippen molar-refractivity contribution < 1.29 is 19.1 Å². The van der Waals surface area contributed by atoms with Crippen molar-refractivity contribution in [3.63, 3.8) is 0 Å². The minimum absolute atomic E-state index is 0.102. The first-order valence-corrected chi connectivity index (χ1v) is 15.4. The molecule has 5 rings (SSSR count). The zero-order valence-corrected chi connectivity index (χ0v) is 24.8. The molecule has 40 heavy (non-hydrogen) atoms. The lowest BCUT2D eigenvalue weighted by Crippen LogP contribution is -2.56. The summed E-state index contributed by atoms with van der Waals surface area (Å²) in [6.45, 7) is 4.41. The van der Waals surface area contributed by atoms with E-state index >= 15 is 0 Å². The molecule has 2 saturated heterocycles. The van der Waals surface area contributed by atoms with Crippen LogP contribution in [0.25, 0.3) is 0 Å². The number of carbonyl (C=O) groups is 3. The van der Waals surface area contributed by atoms with Gasteiger partial charge < -0.3 is 25.2 Å². The number of benzene rings is 1. The lowest BCUT2D eigenvalue weighted by molar-refractivity contribution is -0.141. The van der Waals surface area contributed by atoms with Crippen molar-refractivity contribution in [2.24, 2.45) is 11.8 Å². The average molecular weight is 592 g/mol. The minimum atomic E-state index is -1.16. The van der Waals surface area contributed by atoms with Crippen LogP contribution in [-0.2, 0) is 19.1 Å². The molecule has 2 N–H and O–H groups in total. The Bertz CT molecular complexity index is 1160. The van der Waals surface area contributed by atoms with Gasteiger partial charge in [0.1, 0.15) is 11.6 Å². The van der Waals surface area contributed by atoms with Crippen LogP contribution in [0.4, 0.5) is 5.69 Å². The number of hydrogen-bond donors (Lipinski definition) is 2. The standard InChI is InChI=1S/C30H40Cl2N4O4/c1-3-4-15-35(2)16-8-17-36-26(28(38)33-19-9-6-5-7-10-19)30-14-13-23(40-30)24(25(30)29(36)39)27(37)34-20-11-12-21(31)22(32)18-20/h11-14,18-19,23-26H,3-10,15-17H2,1-2H3,(H,33,38)(H,34,37)/t23-,24-,25-,26+,30+/m1/s1. The van der Waals surface area contributed by atoms with Crippen molar-refractivity contribution in [3.8, 4) is 0 Å². The maximum absolute atomic E-state index is 14.1. The first kappa shape index (κ1) is 29.4. The first-order chi connectivity index (χ1) is 19.2. The van der Waals surface area contributed by atoms with Gasteiger partial charge in [-0.05, 0) is 64.0 Å². The fourth-order valence-electron chi connectivity index (χ4n) is 6.89. The molecule has 3 heterocycles. The molecule has 10 heteroatoms. The van der Waals surface area contributed by atoms with Crippen LogP contribution < -0.4 is 10.6 Å². The Morgan fingerprint density at radius 2 is 1.85 bits per heavy atom. The highest BCUT2D eigenvalue weighted by Gasteiger charge is 2.72. The number of amides is 3. The molecule has 0 unspecified atom stereocenters. The number of halogens is 2. The Morgan fingerprint density at radius 3 is 2.58 bits per heavy atom. The first-order valence-electron chi connectivity index (χ1n) is 14.7. The van der Waals surface area contributed by atoms with Gasteiger partial charge >= 0.3 is 0 Å². The van der Waals surface area contributed by atoms with E-state index in [0.717, 1.165) is 58.0 Å². The third kappa shape index (κ3) is 5.65. The number of rotatable bonds is 11. The minimum Gasteiger partial charge on any atom is -0.359 e. The van der Waals surface area contributed by atoms with E-state index in [2.05, 4.69) is 29.5 Å². The Hall–Kier alpha value is -2.13. The van der Waals surface area contributed by atoms with Crippen molar-refractivity contribution in [2.45, 2.75) is 82.1 Å². The van der Waals surface area contributed by atoms with Gasteiger partial charge in [-0.2, -0.15) is 0 Å². The van der Waals surface area contributed by atoms with Gasteiger partial charge in [0, 0.05) is 18.3 Å². The van der Waals surface area contributed by atoms with E-state index in [9.17, 15) is 14.4 Å².